The van der Waals surface area contributed by atoms with Crippen LogP contribution in [0.15, 0.2) is 0 Å². The molecule has 98 valence electrons. The van der Waals surface area contributed by atoms with Gasteiger partial charge in [-0.1, -0.05) is 20.8 Å². The van der Waals surface area contributed by atoms with Crippen molar-refractivity contribution < 1.29 is 4.79 Å². The highest BCUT2D eigenvalue weighted by Crippen LogP contribution is 2.34. The van der Waals surface area contributed by atoms with Crippen molar-refractivity contribution in [3.05, 3.63) is 0 Å². The second-order valence-electron chi connectivity index (χ2n) is 6.26. The third-order valence-electron chi connectivity index (χ3n) is 4.67. The SMILES string of the molecule is CCN(CC1CC(C(C)C)CCC1=O)C1CC1. The van der Waals surface area contributed by atoms with Crippen molar-refractivity contribution in [1.82, 2.24) is 4.90 Å². The maximum absolute atomic E-state index is 12.0. The van der Waals surface area contributed by atoms with Gasteiger partial charge in [0.05, 0.1) is 0 Å². The standard InChI is InChI=1S/C15H27NO/c1-4-16(14-6-7-14)10-13-9-12(11(2)3)5-8-15(13)17/h11-14H,4-10H2,1-3H3. The van der Waals surface area contributed by atoms with E-state index in [0.29, 0.717) is 11.7 Å². The smallest absolute Gasteiger partial charge is 0.137 e. The summed E-state index contributed by atoms with van der Waals surface area (Å²) in [4.78, 5) is 14.6. The second kappa shape index (κ2) is 5.51. The van der Waals surface area contributed by atoms with E-state index in [-0.39, 0.29) is 0 Å². The minimum atomic E-state index is 0.330. The van der Waals surface area contributed by atoms with Crippen molar-refractivity contribution in [2.45, 2.75) is 58.9 Å². The molecule has 2 unspecified atom stereocenters. The van der Waals surface area contributed by atoms with E-state index in [9.17, 15) is 4.79 Å². The number of nitrogens with zero attached hydrogens (tertiary/aromatic N) is 1. The van der Waals surface area contributed by atoms with Gasteiger partial charge >= 0.3 is 0 Å². The number of carbonyl (C=O) groups is 1. The van der Waals surface area contributed by atoms with Gasteiger partial charge in [-0.2, -0.15) is 0 Å². The van der Waals surface area contributed by atoms with Gasteiger partial charge in [0.1, 0.15) is 5.78 Å². The molecule has 2 atom stereocenters. The van der Waals surface area contributed by atoms with Crippen molar-refractivity contribution in [3.63, 3.8) is 0 Å². The number of Topliss-reactive ketones (excluding diaryl/α,β-unsaturated/α-hetero) is 1. The Morgan fingerprint density at radius 2 is 2.00 bits per heavy atom. The monoisotopic (exact) mass is 237 g/mol. The van der Waals surface area contributed by atoms with Crippen LogP contribution in [0.2, 0.25) is 0 Å². The summed E-state index contributed by atoms with van der Waals surface area (Å²) in [5.74, 6) is 2.37. The minimum absolute atomic E-state index is 0.330. The van der Waals surface area contributed by atoms with Crippen LogP contribution in [-0.2, 0) is 4.79 Å². The molecule has 0 amide bonds. The lowest BCUT2D eigenvalue weighted by molar-refractivity contribution is -0.126. The number of hydrogen-bond acceptors (Lipinski definition) is 2. The quantitative estimate of drug-likeness (QED) is 0.732. The van der Waals surface area contributed by atoms with Crippen molar-refractivity contribution in [1.29, 1.82) is 0 Å². The van der Waals surface area contributed by atoms with Gasteiger partial charge in [-0.25, -0.2) is 0 Å². The van der Waals surface area contributed by atoms with Gasteiger partial charge in [0.25, 0.3) is 0 Å². The van der Waals surface area contributed by atoms with E-state index in [4.69, 9.17) is 0 Å². The first kappa shape index (κ1) is 13.1. The van der Waals surface area contributed by atoms with Crippen LogP contribution in [0, 0.1) is 17.8 Å². The molecule has 0 aromatic heterocycles. The molecule has 0 spiro atoms. The van der Waals surface area contributed by atoms with Crippen molar-refractivity contribution in [2.24, 2.45) is 17.8 Å². The Kier molecular flexibility index (Phi) is 4.24. The molecule has 2 aliphatic rings. The maximum Gasteiger partial charge on any atom is 0.137 e. The van der Waals surface area contributed by atoms with Crippen molar-refractivity contribution >= 4 is 5.78 Å². The highest BCUT2D eigenvalue weighted by Gasteiger charge is 2.35. The average Bonchev–Trinajstić information content (AvgIpc) is 3.11. The summed E-state index contributed by atoms with van der Waals surface area (Å²) < 4.78 is 0. The Balaban J connectivity index is 1.90. The van der Waals surface area contributed by atoms with Crippen molar-refractivity contribution in [2.75, 3.05) is 13.1 Å². The van der Waals surface area contributed by atoms with E-state index in [2.05, 4.69) is 25.7 Å². The maximum atomic E-state index is 12.0. The first-order valence-electron chi connectivity index (χ1n) is 7.38. The summed E-state index contributed by atoms with van der Waals surface area (Å²) in [5, 5.41) is 0. The van der Waals surface area contributed by atoms with E-state index in [1.165, 1.54) is 12.8 Å². The summed E-state index contributed by atoms with van der Waals surface area (Å²) in [6.07, 6.45) is 5.79. The summed E-state index contributed by atoms with van der Waals surface area (Å²) in [6, 6.07) is 0.798. The molecule has 0 saturated heterocycles. The summed E-state index contributed by atoms with van der Waals surface area (Å²) in [5.41, 5.74) is 0. The van der Waals surface area contributed by atoms with Gasteiger partial charge in [-0.05, 0) is 44.1 Å². The average molecular weight is 237 g/mol. The number of hydrogen-bond donors (Lipinski definition) is 0. The van der Waals surface area contributed by atoms with Gasteiger partial charge in [-0.15, -0.1) is 0 Å². The van der Waals surface area contributed by atoms with Crippen LogP contribution in [0.5, 0.6) is 0 Å². The van der Waals surface area contributed by atoms with Crippen LogP contribution in [0.25, 0.3) is 0 Å². The zero-order valence-corrected chi connectivity index (χ0v) is 11.6. The first-order chi connectivity index (χ1) is 8.11. The molecule has 2 saturated carbocycles. The van der Waals surface area contributed by atoms with Crippen LogP contribution in [0.4, 0.5) is 0 Å². The molecule has 17 heavy (non-hydrogen) atoms. The zero-order chi connectivity index (χ0) is 12.4. The molecule has 2 rings (SSSR count). The molecular weight excluding hydrogens is 210 g/mol. The van der Waals surface area contributed by atoms with Crippen LogP contribution in [-0.4, -0.2) is 29.8 Å². The van der Waals surface area contributed by atoms with Gasteiger partial charge in [0, 0.05) is 24.9 Å². The van der Waals surface area contributed by atoms with Crippen LogP contribution in [0.1, 0.15) is 52.9 Å². The van der Waals surface area contributed by atoms with E-state index in [1.54, 1.807) is 0 Å². The lowest BCUT2D eigenvalue weighted by Gasteiger charge is -2.33. The van der Waals surface area contributed by atoms with Crippen LogP contribution < -0.4 is 0 Å². The van der Waals surface area contributed by atoms with Gasteiger partial charge < -0.3 is 0 Å². The molecule has 2 heteroatoms. The van der Waals surface area contributed by atoms with E-state index in [1.807, 2.05) is 0 Å². The number of ketones is 1. The van der Waals surface area contributed by atoms with E-state index < -0.39 is 0 Å². The Morgan fingerprint density at radius 1 is 1.29 bits per heavy atom. The lowest BCUT2D eigenvalue weighted by Crippen LogP contribution is -2.38. The summed E-state index contributed by atoms with van der Waals surface area (Å²) >= 11 is 0. The van der Waals surface area contributed by atoms with Gasteiger partial charge in [0.15, 0.2) is 0 Å². The lowest BCUT2D eigenvalue weighted by atomic mass is 9.75. The molecule has 2 fully saturated rings. The fourth-order valence-corrected chi connectivity index (χ4v) is 3.19. The Morgan fingerprint density at radius 3 is 2.53 bits per heavy atom. The second-order valence-corrected chi connectivity index (χ2v) is 6.26. The summed E-state index contributed by atoms with van der Waals surface area (Å²) in [7, 11) is 0. The van der Waals surface area contributed by atoms with Gasteiger partial charge in [-0.3, -0.25) is 9.69 Å². The Labute approximate surface area is 106 Å². The highest BCUT2D eigenvalue weighted by atomic mass is 16.1. The fourth-order valence-electron chi connectivity index (χ4n) is 3.19. The fraction of sp³-hybridized carbons (Fsp3) is 0.933. The van der Waals surface area contributed by atoms with Crippen LogP contribution in [0.3, 0.4) is 0 Å². The summed E-state index contributed by atoms with van der Waals surface area (Å²) in [6.45, 7) is 8.97. The Hall–Kier alpha value is -0.370. The predicted octanol–water partition coefficient (Wildman–Crippen LogP) is 3.11. The van der Waals surface area contributed by atoms with E-state index >= 15 is 0 Å². The normalized spacial score (nSPS) is 30.3. The van der Waals surface area contributed by atoms with Gasteiger partial charge in [0.2, 0.25) is 0 Å². The topological polar surface area (TPSA) is 20.3 Å². The minimum Gasteiger partial charge on any atom is -0.300 e. The number of rotatable bonds is 5. The third kappa shape index (κ3) is 3.31. The van der Waals surface area contributed by atoms with E-state index in [0.717, 1.165) is 50.2 Å². The third-order valence-corrected chi connectivity index (χ3v) is 4.67. The molecule has 0 aromatic rings. The molecule has 2 aliphatic carbocycles. The largest absolute Gasteiger partial charge is 0.300 e. The highest BCUT2D eigenvalue weighted by molar-refractivity contribution is 5.82. The molecule has 0 aliphatic heterocycles. The molecule has 0 N–H and O–H groups in total. The zero-order valence-electron chi connectivity index (χ0n) is 11.6. The molecule has 2 nitrogen and oxygen atoms in total. The van der Waals surface area contributed by atoms with Crippen LogP contribution >= 0.6 is 0 Å². The predicted molar refractivity (Wildman–Crippen MR) is 70.9 cm³/mol. The molecular formula is C15H27NO. The molecule has 0 heterocycles. The molecule has 0 radical (unpaired) electrons. The molecule has 0 aromatic carbocycles. The first-order valence-corrected chi connectivity index (χ1v) is 7.38. The number of carbonyl (C=O) groups excluding carboxylic acids is 1. The molecule has 0 bridgehead atoms. The van der Waals surface area contributed by atoms with Crippen molar-refractivity contribution in [3.8, 4) is 0 Å². The Bertz CT molecular complexity index is 270.